The van der Waals surface area contributed by atoms with Crippen LogP contribution in [0.25, 0.3) is 0 Å². The summed E-state index contributed by atoms with van der Waals surface area (Å²) in [4.78, 5) is 17.5. The summed E-state index contributed by atoms with van der Waals surface area (Å²) in [6.07, 6.45) is 4.35. The Labute approximate surface area is 87.9 Å². The number of rotatable bonds is 1. The zero-order chi connectivity index (χ0) is 10.8. The quantitative estimate of drug-likeness (QED) is 0.619. The van der Waals surface area contributed by atoms with Crippen molar-refractivity contribution in [2.24, 2.45) is 5.73 Å². The van der Waals surface area contributed by atoms with E-state index in [2.05, 4.69) is 9.97 Å². The van der Waals surface area contributed by atoms with Crippen LogP contribution in [0, 0.1) is 0 Å². The predicted octanol–water partition coefficient (Wildman–Crippen LogP) is 0.337. The molecule has 2 atom stereocenters. The molecule has 5 nitrogen and oxygen atoms in total. The van der Waals surface area contributed by atoms with E-state index in [1.54, 1.807) is 6.07 Å². The van der Waals surface area contributed by atoms with Crippen LogP contribution >= 0.6 is 0 Å². The van der Waals surface area contributed by atoms with Crippen molar-refractivity contribution < 1.29 is 0 Å². The van der Waals surface area contributed by atoms with E-state index in [9.17, 15) is 4.79 Å². The van der Waals surface area contributed by atoms with Crippen molar-refractivity contribution in [1.82, 2.24) is 9.97 Å². The average molecular weight is 208 g/mol. The van der Waals surface area contributed by atoms with Crippen LogP contribution in [-0.2, 0) is 0 Å². The third kappa shape index (κ3) is 2.18. The van der Waals surface area contributed by atoms with Gasteiger partial charge in [0.1, 0.15) is 5.82 Å². The highest BCUT2D eigenvalue weighted by Crippen LogP contribution is 2.30. The number of nitrogens with one attached hydrogen (secondary N) is 1. The van der Waals surface area contributed by atoms with Crippen LogP contribution in [0.15, 0.2) is 10.9 Å². The first kappa shape index (κ1) is 10.2. The second-order valence-electron chi connectivity index (χ2n) is 4.12. The number of aromatic amines is 1. The molecule has 1 fully saturated rings. The van der Waals surface area contributed by atoms with E-state index >= 15 is 0 Å². The Hall–Kier alpha value is -1.36. The average Bonchev–Trinajstić information content (AvgIpc) is 2.16. The van der Waals surface area contributed by atoms with Crippen LogP contribution in [-0.4, -0.2) is 16.0 Å². The Morgan fingerprint density at radius 2 is 2.13 bits per heavy atom. The summed E-state index contributed by atoms with van der Waals surface area (Å²) in [5, 5.41) is 0. The summed E-state index contributed by atoms with van der Waals surface area (Å²) < 4.78 is 0. The van der Waals surface area contributed by atoms with Gasteiger partial charge in [0.2, 0.25) is 0 Å². The second-order valence-corrected chi connectivity index (χ2v) is 4.12. The molecule has 0 bridgehead atoms. The fraction of sp³-hybridized carbons (Fsp3) is 0.600. The second kappa shape index (κ2) is 4.02. The molecule has 2 rings (SSSR count). The Bertz CT molecular complexity index is 401. The highest BCUT2D eigenvalue weighted by molar-refractivity contribution is 5.30. The molecule has 1 saturated carbocycles. The topological polar surface area (TPSA) is 97.8 Å². The number of aromatic nitrogens is 2. The van der Waals surface area contributed by atoms with Gasteiger partial charge in [0, 0.05) is 23.7 Å². The van der Waals surface area contributed by atoms with Crippen molar-refractivity contribution in [3.63, 3.8) is 0 Å². The summed E-state index contributed by atoms with van der Waals surface area (Å²) in [7, 11) is 0. The fourth-order valence-electron chi connectivity index (χ4n) is 2.24. The lowest BCUT2D eigenvalue weighted by atomic mass is 9.83. The SMILES string of the molecule is Nc1cc(C2CCCCC2N)[nH]c(=O)n1. The molecule has 5 N–H and O–H groups in total. The van der Waals surface area contributed by atoms with E-state index in [0.29, 0.717) is 0 Å². The van der Waals surface area contributed by atoms with Crippen LogP contribution in [0.3, 0.4) is 0 Å². The first-order valence-corrected chi connectivity index (χ1v) is 5.29. The van der Waals surface area contributed by atoms with Crippen LogP contribution in [0.2, 0.25) is 0 Å². The van der Waals surface area contributed by atoms with Gasteiger partial charge in [0.25, 0.3) is 0 Å². The molecule has 0 amide bonds. The molecule has 0 aromatic carbocycles. The standard InChI is InChI=1S/C10H16N4O/c11-7-4-2-1-3-6(7)8-5-9(12)14-10(15)13-8/h5-7H,1-4,11H2,(H3,12,13,14,15). The molecule has 1 aromatic rings. The number of nitrogen functional groups attached to an aromatic ring is 1. The summed E-state index contributed by atoms with van der Waals surface area (Å²) in [5.74, 6) is 0.489. The predicted molar refractivity (Wildman–Crippen MR) is 58.5 cm³/mol. The van der Waals surface area contributed by atoms with Gasteiger partial charge in [-0.2, -0.15) is 4.98 Å². The molecule has 0 spiro atoms. The smallest absolute Gasteiger partial charge is 0.347 e. The number of anilines is 1. The number of hydrogen-bond acceptors (Lipinski definition) is 4. The summed E-state index contributed by atoms with van der Waals surface area (Å²) in [6, 6.07) is 1.84. The third-order valence-electron chi connectivity index (χ3n) is 3.00. The van der Waals surface area contributed by atoms with Crippen LogP contribution in [0.4, 0.5) is 5.82 Å². The lowest BCUT2D eigenvalue weighted by molar-refractivity contribution is 0.379. The van der Waals surface area contributed by atoms with Gasteiger partial charge in [-0.05, 0) is 12.8 Å². The lowest BCUT2D eigenvalue weighted by Gasteiger charge is -2.28. The van der Waals surface area contributed by atoms with Gasteiger partial charge in [0.15, 0.2) is 0 Å². The van der Waals surface area contributed by atoms with Gasteiger partial charge in [-0.25, -0.2) is 4.79 Å². The molecule has 1 heterocycles. The summed E-state index contributed by atoms with van der Waals surface area (Å²) in [5.41, 5.74) is 12.0. The van der Waals surface area contributed by atoms with Gasteiger partial charge in [-0.3, -0.25) is 0 Å². The molecule has 0 radical (unpaired) electrons. The van der Waals surface area contributed by atoms with Crippen molar-refractivity contribution >= 4 is 5.82 Å². The fourth-order valence-corrected chi connectivity index (χ4v) is 2.24. The Kier molecular flexibility index (Phi) is 2.73. The van der Waals surface area contributed by atoms with Crippen molar-refractivity contribution in [2.45, 2.75) is 37.6 Å². The molecular formula is C10H16N4O. The molecular weight excluding hydrogens is 192 g/mol. The zero-order valence-electron chi connectivity index (χ0n) is 8.57. The highest BCUT2D eigenvalue weighted by Gasteiger charge is 2.24. The Morgan fingerprint density at radius 1 is 1.40 bits per heavy atom. The molecule has 1 aromatic heterocycles. The largest absolute Gasteiger partial charge is 0.383 e. The maximum atomic E-state index is 11.2. The van der Waals surface area contributed by atoms with E-state index in [0.717, 1.165) is 25.0 Å². The molecule has 1 aliphatic carbocycles. The first-order chi connectivity index (χ1) is 7.16. The van der Waals surface area contributed by atoms with E-state index < -0.39 is 0 Å². The molecule has 5 heteroatoms. The Balaban J connectivity index is 2.31. The number of nitrogens with two attached hydrogens (primary N) is 2. The monoisotopic (exact) mass is 208 g/mol. The van der Waals surface area contributed by atoms with Gasteiger partial charge < -0.3 is 16.5 Å². The summed E-state index contributed by atoms with van der Waals surface area (Å²) >= 11 is 0. The van der Waals surface area contributed by atoms with Crippen molar-refractivity contribution in [3.8, 4) is 0 Å². The number of nitrogens with zero attached hydrogens (tertiary/aromatic N) is 1. The van der Waals surface area contributed by atoms with Crippen LogP contribution < -0.4 is 17.2 Å². The molecule has 0 aliphatic heterocycles. The number of H-pyrrole nitrogens is 1. The lowest BCUT2D eigenvalue weighted by Crippen LogP contribution is -2.33. The normalized spacial score (nSPS) is 26.5. The molecule has 0 saturated heterocycles. The van der Waals surface area contributed by atoms with E-state index in [4.69, 9.17) is 11.5 Å². The van der Waals surface area contributed by atoms with Crippen molar-refractivity contribution in [1.29, 1.82) is 0 Å². The molecule has 82 valence electrons. The van der Waals surface area contributed by atoms with E-state index in [1.165, 1.54) is 6.42 Å². The minimum atomic E-state index is -0.386. The van der Waals surface area contributed by atoms with E-state index in [1.807, 2.05) is 0 Å². The minimum absolute atomic E-state index is 0.121. The Morgan fingerprint density at radius 3 is 2.80 bits per heavy atom. The van der Waals surface area contributed by atoms with Crippen LogP contribution in [0.1, 0.15) is 37.3 Å². The van der Waals surface area contributed by atoms with Gasteiger partial charge in [-0.1, -0.05) is 12.8 Å². The van der Waals surface area contributed by atoms with Crippen LogP contribution in [0.5, 0.6) is 0 Å². The molecule has 15 heavy (non-hydrogen) atoms. The molecule has 2 unspecified atom stereocenters. The van der Waals surface area contributed by atoms with Crippen molar-refractivity contribution in [2.75, 3.05) is 5.73 Å². The third-order valence-corrected chi connectivity index (χ3v) is 3.00. The van der Waals surface area contributed by atoms with Gasteiger partial charge in [-0.15, -0.1) is 0 Å². The number of hydrogen-bond donors (Lipinski definition) is 3. The van der Waals surface area contributed by atoms with Gasteiger partial charge >= 0.3 is 5.69 Å². The van der Waals surface area contributed by atoms with Crippen molar-refractivity contribution in [3.05, 3.63) is 22.2 Å². The molecule has 1 aliphatic rings. The van der Waals surface area contributed by atoms with E-state index in [-0.39, 0.29) is 23.5 Å². The minimum Gasteiger partial charge on any atom is -0.383 e. The first-order valence-electron chi connectivity index (χ1n) is 5.29. The van der Waals surface area contributed by atoms with Gasteiger partial charge in [0.05, 0.1) is 0 Å². The summed E-state index contributed by atoms with van der Waals surface area (Å²) in [6.45, 7) is 0. The highest BCUT2D eigenvalue weighted by atomic mass is 16.1. The maximum absolute atomic E-state index is 11.2. The maximum Gasteiger partial charge on any atom is 0.347 e. The zero-order valence-corrected chi connectivity index (χ0v) is 8.57.